The second kappa shape index (κ2) is 4.18. The molecule has 6 nitrogen and oxygen atoms in total. The molecule has 0 saturated heterocycles. The number of nitrogens with one attached hydrogen (secondary N) is 1. The van der Waals surface area contributed by atoms with E-state index in [1.807, 2.05) is 0 Å². The second-order valence-electron chi connectivity index (χ2n) is 2.71. The average molecular weight is 229 g/mol. The first-order valence-electron chi connectivity index (χ1n) is 3.96. The molecule has 1 amide bonds. The summed E-state index contributed by atoms with van der Waals surface area (Å²) in [6.07, 6.45) is -1.79. The van der Waals surface area contributed by atoms with E-state index in [9.17, 15) is 18.3 Å². The first-order chi connectivity index (χ1) is 6.93. The molecule has 0 bridgehead atoms. The molecule has 0 unspecified atom stereocenters. The Bertz CT molecular complexity index is 443. The van der Waals surface area contributed by atoms with Gasteiger partial charge in [-0.25, -0.2) is 4.31 Å². The standard InChI is InChI=1S/C8H10N2O4S/c1-10(8(11)12)15(13,14)9-7-5-3-2-4-6-7/h2-6,9H,1H3,(H,11,12)/p-1. The van der Waals surface area contributed by atoms with Crippen molar-refractivity contribution in [1.29, 1.82) is 0 Å². The number of carbonyl (C=O) groups is 1. The van der Waals surface area contributed by atoms with Crippen molar-refractivity contribution >= 4 is 22.0 Å². The SMILES string of the molecule is CN(C(=O)[O-])S(=O)(=O)Nc1ccccc1. The Balaban J connectivity index is 2.87. The maximum atomic E-state index is 11.3. The van der Waals surface area contributed by atoms with Crippen LogP contribution < -0.4 is 9.83 Å². The molecule has 0 aromatic heterocycles. The molecule has 1 N–H and O–H groups in total. The number of hydrogen-bond acceptors (Lipinski definition) is 4. The molecule has 0 fully saturated rings. The quantitative estimate of drug-likeness (QED) is 0.765. The van der Waals surface area contributed by atoms with E-state index < -0.39 is 16.3 Å². The fraction of sp³-hybridized carbons (Fsp3) is 0.125. The third-order valence-electron chi connectivity index (χ3n) is 1.64. The molecule has 0 aliphatic heterocycles. The van der Waals surface area contributed by atoms with E-state index in [0.29, 0.717) is 0 Å². The summed E-state index contributed by atoms with van der Waals surface area (Å²) >= 11 is 0. The highest BCUT2D eigenvalue weighted by Crippen LogP contribution is 2.09. The highest BCUT2D eigenvalue weighted by molar-refractivity contribution is 7.90. The molecule has 15 heavy (non-hydrogen) atoms. The minimum atomic E-state index is -4.09. The Morgan fingerprint density at radius 1 is 1.33 bits per heavy atom. The zero-order valence-electron chi connectivity index (χ0n) is 7.88. The Morgan fingerprint density at radius 2 is 1.87 bits per heavy atom. The van der Waals surface area contributed by atoms with Crippen LogP contribution in [-0.2, 0) is 10.2 Å². The summed E-state index contributed by atoms with van der Waals surface area (Å²) in [5.41, 5.74) is 0.283. The molecule has 0 radical (unpaired) electrons. The maximum Gasteiger partial charge on any atom is 0.324 e. The zero-order valence-corrected chi connectivity index (χ0v) is 8.69. The van der Waals surface area contributed by atoms with E-state index in [0.717, 1.165) is 7.05 Å². The van der Waals surface area contributed by atoms with Crippen LogP contribution in [0.2, 0.25) is 0 Å². The normalized spacial score (nSPS) is 10.7. The highest BCUT2D eigenvalue weighted by atomic mass is 32.2. The first-order valence-corrected chi connectivity index (χ1v) is 5.40. The van der Waals surface area contributed by atoms with Crippen LogP contribution in [0.15, 0.2) is 30.3 Å². The summed E-state index contributed by atoms with van der Waals surface area (Å²) in [5, 5.41) is 10.3. The first kappa shape index (κ1) is 11.3. The van der Waals surface area contributed by atoms with Crippen molar-refractivity contribution in [1.82, 2.24) is 4.31 Å². The Hall–Kier alpha value is -1.76. The van der Waals surface area contributed by atoms with Crippen LogP contribution in [-0.4, -0.2) is 25.9 Å². The number of carboxylic acid groups (broad SMARTS) is 1. The van der Waals surface area contributed by atoms with Crippen LogP contribution in [0.5, 0.6) is 0 Å². The van der Waals surface area contributed by atoms with Crippen LogP contribution in [0.3, 0.4) is 0 Å². The van der Waals surface area contributed by atoms with Gasteiger partial charge in [0, 0.05) is 7.05 Å². The van der Waals surface area contributed by atoms with Crippen molar-refractivity contribution in [3.05, 3.63) is 30.3 Å². The monoisotopic (exact) mass is 229 g/mol. The fourth-order valence-corrected chi connectivity index (χ4v) is 1.59. The van der Waals surface area contributed by atoms with Gasteiger partial charge in [-0.05, 0) is 12.1 Å². The van der Waals surface area contributed by atoms with Gasteiger partial charge in [0.25, 0.3) is 0 Å². The predicted octanol–water partition coefficient (Wildman–Crippen LogP) is -0.382. The molecule has 82 valence electrons. The van der Waals surface area contributed by atoms with E-state index in [1.54, 1.807) is 18.2 Å². The summed E-state index contributed by atoms with van der Waals surface area (Å²) in [5.74, 6) is 0. The summed E-state index contributed by atoms with van der Waals surface area (Å²) in [6.45, 7) is 0. The lowest BCUT2D eigenvalue weighted by Crippen LogP contribution is -2.44. The van der Waals surface area contributed by atoms with Crippen LogP contribution in [0.1, 0.15) is 0 Å². The summed E-state index contributed by atoms with van der Waals surface area (Å²) in [4.78, 5) is 10.3. The minimum Gasteiger partial charge on any atom is -0.529 e. The van der Waals surface area contributed by atoms with E-state index in [-0.39, 0.29) is 9.99 Å². The topological polar surface area (TPSA) is 89.5 Å². The van der Waals surface area contributed by atoms with Gasteiger partial charge in [0.05, 0.1) is 5.69 Å². The lowest BCUT2D eigenvalue weighted by molar-refractivity contribution is -0.258. The van der Waals surface area contributed by atoms with Crippen LogP contribution >= 0.6 is 0 Å². The van der Waals surface area contributed by atoms with Gasteiger partial charge >= 0.3 is 10.2 Å². The summed E-state index contributed by atoms with van der Waals surface area (Å²) in [7, 11) is -3.20. The van der Waals surface area contributed by atoms with Crippen molar-refractivity contribution < 1.29 is 18.3 Å². The van der Waals surface area contributed by atoms with Crippen molar-refractivity contribution in [2.75, 3.05) is 11.8 Å². The average Bonchev–Trinajstić information content (AvgIpc) is 2.17. The van der Waals surface area contributed by atoms with Crippen molar-refractivity contribution in [2.45, 2.75) is 0 Å². The number of amides is 1. The minimum absolute atomic E-state index is 0.0972. The van der Waals surface area contributed by atoms with E-state index in [4.69, 9.17) is 0 Å². The molecule has 1 rings (SSSR count). The van der Waals surface area contributed by atoms with Crippen molar-refractivity contribution in [3.8, 4) is 0 Å². The molecule has 0 spiro atoms. The lowest BCUT2D eigenvalue weighted by atomic mass is 10.3. The molecule has 0 aliphatic rings. The number of carbonyl (C=O) groups excluding carboxylic acids is 1. The molecular formula is C8H9N2O4S-. The lowest BCUT2D eigenvalue weighted by Gasteiger charge is -2.20. The number of anilines is 1. The van der Waals surface area contributed by atoms with Gasteiger partial charge < -0.3 is 9.90 Å². The van der Waals surface area contributed by atoms with Gasteiger partial charge in [0.2, 0.25) is 0 Å². The Kier molecular flexibility index (Phi) is 3.15. The van der Waals surface area contributed by atoms with E-state index in [2.05, 4.69) is 4.72 Å². The van der Waals surface area contributed by atoms with E-state index >= 15 is 0 Å². The molecule has 1 aromatic carbocycles. The number of benzene rings is 1. The number of rotatable bonds is 3. The van der Waals surface area contributed by atoms with Crippen LogP contribution in [0.25, 0.3) is 0 Å². The molecule has 0 heterocycles. The molecule has 0 atom stereocenters. The predicted molar refractivity (Wildman–Crippen MR) is 52.1 cm³/mol. The van der Waals surface area contributed by atoms with Crippen molar-refractivity contribution in [2.24, 2.45) is 0 Å². The highest BCUT2D eigenvalue weighted by Gasteiger charge is 2.16. The van der Waals surface area contributed by atoms with Gasteiger partial charge in [-0.3, -0.25) is 4.72 Å². The van der Waals surface area contributed by atoms with Gasteiger partial charge in [-0.2, -0.15) is 8.42 Å². The number of nitrogens with zero attached hydrogens (tertiary/aromatic N) is 1. The van der Waals surface area contributed by atoms with Gasteiger partial charge in [0.1, 0.15) is 0 Å². The summed E-state index contributed by atoms with van der Waals surface area (Å²) < 4.78 is 24.8. The smallest absolute Gasteiger partial charge is 0.324 e. The molecular weight excluding hydrogens is 220 g/mol. The van der Waals surface area contributed by atoms with E-state index in [1.165, 1.54) is 12.1 Å². The molecule has 1 aromatic rings. The summed E-state index contributed by atoms with van der Waals surface area (Å²) in [6, 6.07) is 7.95. The third kappa shape index (κ3) is 2.84. The Labute approximate surface area is 87.3 Å². The largest absolute Gasteiger partial charge is 0.529 e. The van der Waals surface area contributed by atoms with Crippen molar-refractivity contribution in [3.63, 3.8) is 0 Å². The number of para-hydroxylation sites is 1. The van der Waals surface area contributed by atoms with Crippen LogP contribution in [0.4, 0.5) is 10.5 Å². The second-order valence-corrected chi connectivity index (χ2v) is 4.41. The zero-order chi connectivity index (χ0) is 11.5. The third-order valence-corrected chi connectivity index (χ3v) is 3.00. The Morgan fingerprint density at radius 3 is 2.33 bits per heavy atom. The van der Waals surface area contributed by atoms with Gasteiger partial charge in [-0.15, -0.1) is 0 Å². The van der Waals surface area contributed by atoms with Gasteiger partial charge in [0.15, 0.2) is 6.09 Å². The van der Waals surface area contributed by atoms with Gasteiger partial charge in [-0.1, -0.05) is 18.2 Å². The molecule has 7 heteroatoms. The van der Waals surface area contributed by atoms with Crippen LogP contribution in [0, 0.1) is 0 Å². The fourth-order valence-electron chi connectivity index (χ4n) is 0.822. The molecule has 0 saturated carbocycles. The maximum absolute atomic E-state index is 11.3. The number of hydrogen-bond donors (Lipinski definition) is 1. The molecule has 0 aliphatic carbocycles.